The topological polar surface area (TPSA) is 20.2 Å². The Labute approximate surface area is 91.5 Å². The number of rotatable bonds is 3. The summed E-state index contributed by atoms with van der Waals surface area (Å²) in [6, 6.07) is 7.97. The maximum Gasteiger partial charge on any atom is 0.421 e. The maximum absolute atomic E-state index is 12.6. The van der Waals surface area contributed by atoms with Gasteiger partial charge in [-0.1, -0.05) is 36.9 Å². The fourth-order valence-electron chi connectivity index (χ4n) is 1.31. The Bertz CT molecular complexity index is 390. The van der Waals surface area contributed by atoms with Crippen LogP contribution in [-0.2, 0) is 6.42 Å². The average Bonchev–Trinajstić information content (AvgIpc) is 2.17. The van der Waals surface area contributed by atoms with E-state index in [1.54, 1.807) is 18.2 Å². The van der Waals surface area contributed by atoms with Crippen LogP contribution in [0.4, 0.5) is 13.2 Å². The van der Waals surface area contributed by atoms with Gasteiger partial charge in [-0.3, -0.25) is 0 Å². The van der Waals surface area contributed by atoms with Crippen LogP contribution < -0.4 is 0 Å². The predicted molar refractivity (Wildman–Crippen MR) is 54.9 cm³/mol. The number of alkyl halides is 3. The van der Waals surface area contributed by atoms with Crippen LogP contribution in [-0.4, -0.2) is 16.9 Å². The summed E-state index contributed by atoms with van der Waals surface area (Å²) in [6.07, 6.45) is -4.74. The van der Waals surface area contributed by atoms with Crippen molar-refractivity contribution in [2.75, 3.05) is 0 Å². The number of benzene rings is 1. The minimum atomic E-state index is -4.74. The molecule has 0 saturated carbocycles. The van der Waals surface area contributed by atoms with E-state index in [1.165, 1.54) is 12.1 Å². The molecule has 0 spiro atoms. The Morgan fingerprint density at radius 1 is 1.25 bits per heavy atom. The Kier molecular flexibility index (Phi) is 3.58. The largest absolute Gasteiger partial charge is 0.421 e. The second-order valence-electron chi connectivity index (χ2n) is 3.43. The van der Waals surface area contributed by atoms with E-state index < -0.39 is 18.2 Å². The van der Waals surface area contributed by atoms with E-state index in [2.05, 4.69) is 6.58 Å². The van der Waals surface area contributed by atoms with Crippen LogP contribution in [0.1, 0.15) is 5.56 Å². The van der Waals surface area contributed by atoms with E-state index in [-0.39, 0.29) is 0 Å². The van der Waals surface area contributed by atoms with Crippen LogP contribution in [0.15, 0.2) is 48.7 Å². The van der Waals surface area contributed by atoms with Gasteiger partial charge in [-0.25, -0.2) is 0 Å². The summed E-state index contributed by atoms with van der Waals surface area (Å²) in [5, 5.41) is 9.52. The van der Waals surface area contributed by atoms with Gasteiger partial charge in [-0.05, 0) is 11.6 Å². The number of hydrogen-bond donors (Lipinski definition) is 1. The van der Waals surface area contributed by atoms with E-state index in [1.807, 2.05) is 5.73 Å². The molecular weight excluding hydrogens is 217 g/mol. The van der Waals surface area contributed by atoms with Crippen molar-refractivity contribution in [3.05, 3.63) is 54.3 Å². The average molecular weight is 228 g/mol. The minimum absolute atomic E-state index is 0.397. The molecule has 0 aliphatic heterocycles. The van der Waals surface area contributed by atoms with Crippen LogP contribution in [0, 0.1) is 0 Å². The standard InChI is InChI=1S/C12H11F3O/c1-2-8-11(16,12(13,14)15)9-10-6-4-3-5-7-10/h3-8,16H,1,9H2/t11-/m1/s1. The van der Waals surface area contributed by atoms with Gasteiger partial charge in [-0.2, -0.15) is 13.2 Å². The quantitative estimate of drug-likeness (QED) is 0.789. The van der Waals surface area contributed by atoms with Crippen molar-refractivity contribution < 1.29 is 18.3 Å². The highest BCUT2D eigenvalue weighted by Gasteiger charge is 2.51. The monoisotopic (exact) mass is 228 g/mol. The molecule has 16 heavy (non-hydrogen) atoms. The molecule has 0 aromatic heterocycles. The van der Waals surface area contributed by atoms with Crippen molar-refractivity contribution in [2.45, 2.75) is 18.2 Å². The van der Waals surface area contributed by atoms with Crippen molar-refractivity contribution in [2.24, 2.45) is 0 Å². The van der Waals surface area contributed by atoms with Gasteiger partial charge in [0, 0.05) is 6.42 Å². The zero-order chi connectivity index (χ0) is 12.2. The fourth-order valence-corrected chi connectivity index (χ4v) is 1.31. The van der Waals surface area contributed by atoms with Gasteiger partial charge < -0.3 is 5.11 Å². The molecule has 0 saturated heterocycles. The normalized spacial score (nSPS) is 15.0. The molecule has 1 aromatic rings. The van der Waals surface area contributed by atoms with E-state index in [0.717, 1.165) is 0 Å². The Hall–Kier alpha value is -1.51. The summed E-state index contributed by atoms with van der Waals surface area (Å²) in [4.78, 5) is 0. The molecule has 0 radical (unpaired) electrons. The lowest BCUT2D eigenvalue weighted by molar-refractivity contribution is -0.239. The van der Waals surface area contributed by atoms with E-state index >= 15 is 0 Å². The maximum atomic E-state index is 12.6. The molecule has 1 rings (SSSR count). The molecule has 0 fully saturated rings. The molecule has 0 amide bonds. The van der Waals surface area contributed by atoms with Crippen molar-refractivity contribution in [3.63, 3.8) is 0 Å². The summed E-state index contributed by atoms with van der Waals surface area (Å²) >= 11 is 0. The highest BCUT2D eigenvalue weighted by Crippen LogP contribution is 2.34. The zero-order valence-electron chi connectivity index (χ0n) is 8.46. The molecule has 0 bridgehead atoms. The Morgan fingerprint density at radius 2 is 1.81 bits per heavy atom. The van der Waals surface area contributed by atoms with Crippen LogP contribution in [0.5, 0.6) is 0 Å². The third-order valence-corrected chi connectivity index (χ3v) is 2.15. The first-order valence-corrected chi connectivity index (χ1v) is 4.59. The van der Waals surface area contributed by atoms with Crippen LogP contribution in [0.25, 0.3) is 0 Å². The first kappa shape index (κ1) is 12.6. The SMILES string of the molecule is C=C=C[C@@](O)(Cc1ccccc1)C(F)(F)F. The number of halogens is 3. The number of hydrogen-bond acceptors (Lipinski definition) is 1. The lowest BCUT2D eigenvalue weighted by Crippen LogP contribution is -2.45. The van der Waals surface area contributed by atoms with Gasteiger partial charge >= 0.3 is 6.18 Å². The summed E-state index contributed by atoms with van der Waals surface area (Å²) in [5.41, 5.74) is -0.519. The van der Waals surface area contributed by atoms with E-state index in [4.69, 9.17) is 0 Å². The molecule has 86 valence electrons. The van der Waals surface area contributed by atoms with Crippen LogP contribution in [0.2, 0.25) is 0 Å². The van der Waals surface area contributed by atoms with Crippen molar-refractivity contribution in [1.29, 1.82) is 0 Å². The molecule has 1 atom stereocenters. The minimum Gasteiger partial charge on any atom is -0.376 e. The second kappa shape index (κ2) is 4.56. The fraction of sp³-hybridized carbons (Fsp3) is 0.250. The highest BCUT2D eigenvalue weighted by atomic mass is 19.4. The molecule has 1 nitrogen and oxygen atoms in total. The molecule has 0 aliphatic rings. The third kappa shape index (κ3) is 2.75. The van der Waals surface area contributed by atoms with Crippen molar-refractivity contribution in [1.82, 2.24) is 0 Å². The van der Waals surface area contributed by atoms with Crippen LogP contribution >= 0.6 is 0 Å². The van der Waals surface area contributed by atoms with Gasteiger partial charge in [0.1, 0.15) is 0 Å². The third-order valence-electron chi connectivity index (χ3n) is 2.15. The van der Waals surface area contributed by atoms with Gasteiger partial charge in [0.2, 0.25) is 0 Å². The zero-order valence-corrected chi connectivity index (χ0v) is 8.46. The second-order valence-corrected chi connectivity index (χ2v) is 3.43. The molecule has 0 aliphatic carbocycles. The van der Waals surface area contributed by atoms with E-state index in [0.29, 0.717) is 11.6 Å². The lowest BCUT2D eigenvalue weighted by atomic mass is 9.94. The van der Waals surface area contributed by atoms with Gasteiger partial charge in [0.05, 0.1) is 0 Å². The molecule has 1 N–H and O–H groups in total. The molecule has 4 heteroatoms. The first-order chi connectivity index (χ1) is 7.39. The molecule has 0 heterocycles. The summed E-state index contributed by atoms with van der Waals surface area (Å²) < 4.78 is 37.9. The van der Waals surface area contributed by atoms with Crippen LogP contribution in [0.3, 0.4) is 0 Å². The van der Waals surface area contributed by atoms with Crippen molar-refractivity contribution >= 4 is 0 Å². The molecular formula is C12H11F3O. The van der Waals surface area contributed by atoms with Gasteiger partial charge in [0.15, 0.2) is 5.60 Å². The number of aliphatic hydroxyl groups is 1. The molecule has 1 aromatic carbocycles. The predicted octanol–water partition coefficient (Wildman–Crippen LogP) is 2.86. The van der Waals surface area contributed by atoms with Gasteiger partial charge in [-0.15, -0.1) is 5.73 Å². The summed E-state index contributed by atoms with van der Waals surface area (Å²) in [5.74, 6) is 0. The van der Waals surface area contributed by atoms with Crippen molar-refractivity contribution in [3.8, 4) is 0 Å². The van der Waals surface area contributed by atoms with E-state index in [9.17, 15) is 18.3 Å². The smallest absolute Gasteiger partial charge is 0.376 e. The summed E-state index contributed by atoms with van der Waals surface area (Å²) in [6.45, 7) is 3.06. The molecule has 0 unspecified atom stereocenters. The van der Waals surface area contributed by atoms with Gasteiger partial charge in [0.25, 0.3) is 0 Å². The summed E-state index contributed by atoms with van der Waals surface area (Å²) in [7, 11) is 0. The highest BCUT2D eigenvalue weighted by molar-refractivity contribution is 5.21. The first-order valence-electron chi connectivity index (χ1n) is 4.59. The Morgan fingerprint density at radius 3 is 2.25 bits per heavy atom. The lowest BCUT2D eigenvalue weighted by Gasteiger charge is -2.26. The Balaban J connectivity index is 3.02.